The van der Waals surface area contributed by atoms with Crippen LogP contribution < -0.4 is 4.74 Å². The van der Waals surface area contributed by atoms with Gasteiger partial charge in [0.2, 0.25) is 0 Å². The van der Waals surface area contributed by atoms with E-state index in [1.54, 1.807) is 7.11 Å². The van der Waals surface area contributed by atoms with Crippen molar-refractivity contribution >= 4 is 0 Å². The quantitative estimate of drug-likeness (QED) is 0.864. The molecule has 1 aliphatic rings. The molecule has 110 valence electrons. The molecule has 1 aliphatic heterocycles. The molecule has 0 amide bonds. The van der Waals surface area contributed by atoms with Crippen molar-refractivity contribution in [2.75, 3.05) is 13.7 Å². The molecule has 0 saturated carbocycles. The van der Waals surface area contributed by atoms with Crippen molar-refractivity contribution in [2.24, 2.45) is 5.41 Å². The van der Waals surface area contributed by atoms with Crippen molar-refractivity contribution < 1.29 is 4.74 Å². The first kappa shape index (κ1) is 14.0. The zero-order valence-electron chi connectivity index (χ0n) is 12.8. The van der Waals surface area contributed by atoms with E-state index in [1.807, 2.05) is 30.7 Å². The van der Waals surface area contributed by atoms with Crippen molar-refractivity contribution in [1.82, 2.24) is 14.9 Å². The van der Waals surface area contributed by atoms with Crippen LogP contribution >= 0.6 is 0 Å². The highest BCUT2D eigenvalue weighted by Gasteiger charge is 2.46. The van der Waals surface area contributed by atoms with Gasteiger partial charge in [-0.15, -0.1) is 0 Å². The Labute approximate surface area is 125 Å². The molecule has 1 saturated heterocycles. The maximum atomic E-state index is 5.41. The van der Waals surface area contributed by atoms with Crippen molar-refractivity contribution in [1.29, 1.82) is 0 Å². The first-order valence-electron chi connectivity index (χ1n) is 7.24. The van der Waals surface area contributed by atoms with Crippen molar-refractivity contribution in [2.45, 2.75) is 26.4 Å². The third-order valence-electron chi connectivity index (χ3n) is 4.16. The second-order valence-corrected chi connectivity index (χ2v) is 6.23. The second-order valence-electron chi connectivity index (χ2n) is 6.23. The summed E-state index contributed by atoms with van der Waals surface area (Å²) in [5.41, 5.74) is 2.58. The molecular weight excluding hydrogens is 262 g/mol. The topological polar surface area (TPSA) is 38.2 Å². The van der Waals surface area contributed by atoms with Crippen molar-refractivity contribution in [3.63, 3.8) is 0 Å². The van der Waals surface area contributed by atoms with Crippen LogP contribution in [0.5, 0.6) is 5.75 Å². The van der Waals surface area contributed by atoms with Crippen LogP contribution in [-0.4, -0.2) is 28.5 Å². The number of ether oxygens (including phenoxy) is 1. The highest BCUT2D eigenvalue weighted by atomic mass is 16.5. The van der Waals surface area contributed by atoms with Crippen LogP contribution in [0.2, 0.25) is 0 Å². The van der Waals surface area contributed by atoms with E-state index in [9.17, 15) is 0 Å². The number of likely N-dealkylation sites (tertiary alicyclic amines) is 1. The third-order valence-corrected chi connectivity index (χ3v) is 4.16. The molecule has 0 aliphatic carbocycles. The van der Waals surface area contributed by atoms with Gasteiger partial charge in [0.1, 0.15) is 5.75 Å². The lowest BCUT2D eigenvalue weighted by molar-refractivity contribution is -0.0599. The maximum absolute atomic E-state index is 5.41. The summed E-state index contributed by atoms with van der Waals surface area (Å²) in [7, 11) is 1.70. The van der Waals surface area contributed by atoms with Crippen molar-refractivity contribution in [3.8, 4) is 5.75 Å². The molecule has 1 atom stereocenters. The van der Waals surface area contributed by atoms with Gasteiger partial charge in [0.15, 0.2) is 0 Å². The van der Waals surface area contributed by atoms with Gasteiger partial charge >= 0.3 is 0 Å². The van der Waals surface area contributed by atoms with E-state index in [2.05, 4.69) is 40.8 Å². The number of nitrogens with zero attached hydrogens (tertiary/aromatic N) is 3. The Hall–Kier alpha value is -1.94. The first-order chi connectivity index (χ1) is 10.1. The second kappa shape index (κ2) is 5.45. The molecule has 3 rings (SSSR count). The highest BCUT2D eigenvalue weighted by molar-refractivity contribution is 5.28. The normalized spacial score (nSPS) is 20.8. The lowest BCUT2D eigenvalue weighted by Crippen LogP contribution is -2.54. The van der Waals surface area contributed by atoms with Gasteiger partial charge in [-0.2, -0.15) is 0 Å². The fourth-order valence-corrected chi connectivity index (χ4v) is 3.36. The van der Waals surface area contributed by atoms with Gasteiger partial charge in [-0.1, -0.05) is 13.8 Å². The molecule has 2 aromatic heterocycles. The standard InChI is InChI=1S/C17H21N3O/c1-17(2)12-20(16(17)13-6-9-18-10-7-13)11-14-15(21-3)5-4-8-19-14/h4-10,16H,11-12H2,1-3H3. The Balaban J connectivity index is 1.83. The van der Waals surface area contributed by atoms with Crippen LogP contribution in [0.1, 0.15) is 31.1 Å². The summed E-state index contributed by atoms with van der Waals surface area (Å²) >= 11 is 0. The molecule has 1 fully saturated rings. The van der Waals surface area contributed by atoms with Gasteiger partial charge in [0, 0.05) is 37.7 Å². The molecule has 1 unspecified atom stereocenters. The van der Waals surface area contributed by atoms with Gasteiger partial charge < -0.3 is 4.74 Å². The molecule has 4 heteroatoms. The molecular formula is C17H21N3O. The monoisotopic (exact) mass is 283 g/mol. The van der Waals surface area contributed by atoms with Gasteiger partial charge in [0.25, 0.3) is 0 Å². The molecule has 0 bridgehead atoms. The number of aromatic nitrogens is 2. The van der Waals surface area contributed by atoms with Crippen molar-refractivity contribution in [3.05, 3.63) is 54.1 Å². The Bertz CT molecular complexity index is 612. The summed E-state index contributed by atoms with van der Waals surface area (Å²) in [5.74, 6) is 0.857. The Morgan fingerprint density at radius 3 is 2.67 bits per heavy atom. The van der Waals surface area contributed by atoms with E-state index in [4.69, 9.17) is 4.74 Å². The van der Waals surface area contributed by atoms with E-state index >= 15 is 0 Å². The van der Waals surface area contributed by atoms with Crippen LogP contribution in [0.4, 0.5) is 0 Å². The molecule has 4 nitrogen and oxygen atoms in total. The largest absolute Gasteiger partial charge is 0.495 e. The van der Waals surface area contributed by atoms with Crippen LogP contribution in [0.25, 0.3) is 0 Å². The number of methoxy groups -OCH3 is 1. The van der Waals surface area contributed by atoms with Crippen LogP contribution in [0, 0.1) is 5.41 Å². The minimum atomic E-state index is 0.267. The van der Waals surface area contributed by atoms with Gasteiger partial charge in [-0.3, -0.25) is 14.9 Å². The number of pyridine rings is 2. The lowest BCUT2D eigenvalue weighted by atomic mass is 9.72. The number of hydrogen-bond donors (Lipinski definition) is 0. The Kier molecular flexibility index (Phi) is 3.64. The molecule has 0 aromatic carbocycles. The molecule has 2 aromatic rings. The molecule has 0 radical (unpaired) electrons. The van der Waals surface area contributed by atoms with E-state index in [0.717, 1.165) is 24.5 Å². The molecule has 3 heterocycles. The average Bonchev–Trinajstić information content (AvgIpc) is 2.47. The predicted octanol–water partition coefficient (Wildman–Crippen LogP) is 3.07. The van der Waals surface area contributed by atoms with E-state index in [1.165, 1.54) is 5.56 Å². The van der Waals surface area contributed by atoms with Gasteiger partial charge in [0.05, 0.1) is 12.8 Å². The Morgan fingerprint density at radius 2 is 2.00 bits per heavy atom. The van der Waals surface area contributed by atoms with Gasteiger partial charge in [-0.25, -0.2) is 0 Å². The lowest BCUT2D eigenvalue weighted by Gasteiger charge is -2.54. The minimum Gasteiger partial charge on any atom is -0.495 e. The SMILES string of the molecule is COc1cccnc1CN1CC(C)(C)C1c1ccncc1. The maximum Gasteiger partial charge on any atom is 0.141 e. The Morgan fingerprint density at radius 1 is 1.24 bits per heavy atom. The fraction of sp³-hybridized carbons (Fsp3) is 0.412. The zero-order valence-corrected chi connectivity index (χ0v) is 12.8. The summed E-state index contributed by atoms with van der Waals surface area (Å²) in [4.78, 5) is 11.0. The van der Waals surface area contributed by atoms with E-state index in [-0.39, 0.29) is 5.41 Å². The van der Waals surface area contributed by atoms with E-state index in [0.29, 0.717) is 6.04 Å². The third kappa shape index (κ3) is 2.63. The smallest absolute Gasteiger partial charge is 0.141 e. The number of rotatable bonds is 4. The summed E-state index contributed by atoms with van der Waals surface area (Å²) in [6.45, 7) is 6.48. The summed E-state index contributed by atoms with van der Waals surface area (Å²) in [6.07, 6.45) is 5.55. The van der Waals surface area contributed by atoms with Crippen LogP contribution in [0.3, 0.4) is 0 Å². The summed E-state index contributed by atoms with van der Waals surface area (Å²) in [5, 5.41) is 0. The zero-order chi connectivity index (χ0) is 14.9. The predicted molar refractivity (Wildman–Crippen MR) is 82.0 cm³/mol. The van der Waals surface area contributed by atoms with Gasteiger partial charge in [-0.05, 0) is 35.2 Å². The summed E-state index contributed by atoms with van der Waals surface area (Å²) < 4.78 is 5.41. The first-order valence-corrected chi connectivity index (χ1v) is 7.24. The molecule has 0 N–H and O–H groups in total. The summed E-state index contributed by atoms with van der Waals surface area (Å²) in [6, 6.07) is 8.48. The molecule has 21 heavy (non-hydrogen) atoms. The van der Waals surface area contributed by atoms with Crippen LogP contribution in [-0.2, 0) is 6.54 Å². The minimum absolute atomic E-state index is 0.267. The highest BCUT2D eigenvalue weighted by Crippen LogP contribution is 2.48. The molecule has 0 spiro atoms. The average molecular weight is 283 g/mol. The van der Waals surface area contributed by atoms with E-state index < -0.39 is 0 Å². The van der Waals surface area contributed by atoms with Crippen LogP contribution in [0.15, 0.2) is 42.9 Å². The number of hydrogen-bond acceptors (Lipinski definition) is 4. The fourth-order valence-electron chi connectivity index (χ4n) is 3.36.